The van der Waals surface area contributed by atoms with Gasteiger partial charge in [-0.15, -0.1) is 0 Å². The van der Waals surface area contributed by atoms with Crippen LogP contribution in [0.1, 0.15) is 17.9 Å². The van der Waals surface area contributed by atoms with E-state index in [-0.39, 0.29) is 40.9 Å². The minimum absolute atomic E-state index is 0.0199. The molecule has 1 aromatic heterocycles. The van der Waals surface area contributed by atoms with Crippen molar-refractivity contribution in [3.05, 3.63) is 68.5 Å². The van der Waals surface area contributed by atoms with Crippen LogP contribution in [-0.4, -0.2) is 40.9 Å². The third kappa shape index (κ3) is 4.73. The fourth-order valence-electron chi connectivity index (χ4n) is 3.65. The number of benzene rings is 2. The molecular weight excluding hydrogens is 460 g/mol. The Morgan fingerprint density at radius 3 is 2.57 bits per heavy atom. The Balaban J connectivity index is 1.64. The number of carbonyl (C=O) groups excluding carboxylic acids is 2. The third-order valence-electron chi connectivity index (χ3n) is 5.28. The first-order valence-corrected chi connectivity index (χ1v) is 10.3. The summed E-state index contributed by atoms with van der Waals surface area (Å²) in [6.07, 6.45) is -0.293. The summed E-state index contributed by atoms with van der Waals surface area (Å²) in [5.74, 6) is -1.80. The number of amides is 2. The third-order valence-corrected chi connectivity index (χ3v) is 5.28. The number of para-hydroxylation sites is 2. The molecule has 2 heterocycles. The topological polar surface area (TPSA) is 178 Å². The second kappa shape index (κ2) is 9.51. The molecule has 13 nitrogen and oxygen atoms in total. The number of aromatic nitrogens is 2. The fraction of sp³-hybridized carbons (Fsp3) is 0.182. The van der Waals surface area contributed by atoms with Crippen LogP contribution in [0.25, 0.3) is 0 Å². The molecule has 4 rings (SSSR count). The lowest BCUT2D eigenvalue weighted by Crippen LogP contribution is -2.36. The number of nitrogens with zero attached hydrogens (tertiary/aromatic N) is 2. The predicted octanol–water partition coefficient (Wildman–Crippen LogP) is 2.50. The summed E-state index contributed by atoms with van der Waals surface area (Å²) < 4.78 is 10.4. The van der Waals surface area contributed by atoms with Gasteiger partial charge in [0, 0.05) is 12.5 Å². The molecule has 2 aromatic carbocycles. The molecule has 4 N–H and O–H groups in total. The number of nitro benzene ring substituents is 1. The van der Waals surface area contributed by atoms with Gasteiger partial charge < -0.3 is 25.4 Å². The molecule has 13 heteroatoms. The summed E-state index contributed by atoms with van der Waals surface area (Å²) in [6, 6.07) is 10.6. The molecule has 2 amide bonds. The summed E-state index contributed by atoms with van der Waals surface area (Å²) in [5.41, 5.74) is -0.191. The molecular formula is C22H20N6O7. The lowest BCUT2D eigenvalue weighted by Gasteiger charge is -2.24. The van der Waals surface area contributed by atoms with Gasteiger partial charge in [-0.2, -0.15) is 4.98 Å². The first-order chi connectivity index (χ1) is 16.8. The molecule has 3 aromatic rings. The average Bonchev–Trinajstić information content (AvgIpc) is 2.83. The van der Waals surface area contributed by atoms with E-state index in [9.17, 15) is 24.5 Å². The number of carbonyl (C=O) groups is 2. The van der Waals surface area contributed by atoms with Crippen molar-refractivity contribution in [3.63, 3.8) is 0 Å². The van der Waals surface area contributed by atoms with E-state index in [4.69, 9.17) is 9.47 Å². The van der Waals surface area contributed by atoms with Crippen molar-refractivity contribution in [3.8, 4) is 11.5 Å². The Morgan fingerprint density at radius 2 is 1.86 bits per heavy atom. The van der Waals surface area contributed by atoms with Crippen molar-refractivity contribution in [1.82, 2.24) is 9.97 Å². The molecule has 1 aliphatic heterocycles. The van der Waals surface area contributed by atoms with Gasteiger partial charge in [-0.3, -0.25) is 29.5 Å². The largest absolute Gasteiger partial charge is 0.495 e. The molecule has 1 atom stereocenters. The number of fused-ring (bicyclic) bond motifs is 1. The average molecular weight is 480 g/mol. The lowest BCUT2D eigenvalue weighted by atomic mass is 9.92. The number of hydrogen-bond donors (Lipinski definition) is 4. The van der Waals surface area contributed by atoms with E-state index < -0.39 is 28.2 Å². The van der Waals surface area contributed by atoms with Gasteiger partial charge in [0.05, 0.1) is 48.1 Å². The minimum Gasteiger partial charge on any atom is -0.495 e. The molecule has 0 radical (unpaired) electrons. The highest BCUT2D eigenvalue weighted by Gasteiger charge is 2.35. The second-order valence-electron chi connectivity index (χ2n) is 7.44. The predicted molar refractivity (Wildman–Crippen MR) is 125 cm³/mol. The Bertz CT molecular complexity index is 1390. The van der Waals surface area contributed by atoms with Gasteiger partial charge in [-0.05, 0) is 18.2 Å². The van der Waals surface area contributed by atoms with Crippen molar-refractivity contribution < 1.29 is 24.0 Å². The van der Waals surface area contributed by atoms with Crippen LogP contribution in [0, 0.1) is 10.1 Å². The van der Waals surface area contributed by atoms with Crippen LogP contribution < -0.4 is 31.0 Å². The highest BCUT2D eigenvalue weighted by atomic mass is 16.6. The maximum absolute atomic E-state index is 13.1. The quantitative estimate of drug-likeness (QED) is 0.292. The first kappa shape index (κ1) is 23.2. The van der Waals surface area contributed by atoms with Crippen LogP contribution in [0.3, 0.4) is 0 Å². The van der Waals surface area contributed by atoms with E-state index in [1.807, 2.05) is 0 Å². The number of aromatic amines is 1. The Morgan fingerprint density at radius 1 is 1.11 bits per heavy atom. The maximum Gasteiger partial charge on any atom is 0.273 e. The summed E-state index contributed by atoms with van der Waals surface area (Å²) in [6.45, 7) is 0. The van der Waals surface area contributed by atoms with E-state index in [1.54, 1.807) is 24.3 Å². The van der Waals surface area contributed by atoms with Crippen LogP contribution >= 0.6 is 0 Å². The number of rotatable bonds is 7. The normalized spacial score (nSPS) is 14.3. The van der Waals surface area contributed by atoms with Crippen LogP contribution in [0.5, 0.6) is 11.5 Å². The SMILES string of the molecule is COc1cc([N+](=O)[O-])ccc1NC(=O)C1CC(=O)Nc2nc(Nc3ccccc3OC)[nH]c(=O)c21. The second-order valence-corrected chi connectivity index (χ2v) is 7.44. The molecule has 180 valence electrons. The van der Waals surface area contributed by atoms with Crippen molar-refractivity contribution in [2.24, 2.45) is 0 Å². The molecule has 0 aliphatic carbocycles. The number of hydrogen-bond acceptors (Lipinski definition) is 9. The zero-order valence-corrected chi connectivity index (χ0v) is 18.6. The molecule has 0 bridgehead atoms. The molecule has 0 fully saturated rings. The number of nitro groups is 1. The number of ether oxygens (including phenoxy) is 2. The van der Waals surface area contributed by atoms with E-state index in [0.717, 1.165) is 6.07 Å². The molecule has 1 unspecified atom stereocenters. The van der Waals surface area contributed by atoms with Gasteiger partial charge in [0.1, 0.15) is 17.3 Å². The Labute approximate surface area is 197 Å². The van der Waals surface area contributed by atoms with Crippen LogP contribution in [-0.2, 0) is 9.59 Å². The molecule has 35 heavy (non-hydrogen) atoms. The zero-order chi connectivity index (χ0) is 25.1. The summed E-state index contributed by atoms with van der Waals surface area (Å²) in [7, 11) is 2.79. The van der Waals surface area contributed by atoms with Gasteiger partial charge in [-0.25, -0.2) is 0 Å². The van der Waals surface area contributed by atoms with Crippen molar-refractivity contribution in [2.45, 2.75) is 12.3 Å². The molecule has 0 spiro atoms. The van der Waals surface area contributed by atoms with Gasteiger partial charge in [-0.1, -0.05) is 12.1 Å². The number of anilines is 4. The van der Waals surface area contributed by atoms with E-state index in [1.165, 1.54) is 26.4 Å². The number of methoxy groups -OCH3 is 2. The summed E-state index contributed by atoms with van der Waals surface area (Å²) in [5, 5.41) is 19.0. The van der Waals surface area contributed by atoms with Crippen molar-refractivity contribution >= 4 is 40.6 Å². The highest BCUT2D eigenvalue weighted by Crippen LogP contribution is 2.34. The zero-order valence-electron chi connectivity index (χ0n) is 18.6. The first-order valence-electron chi connectivity index (χ1n) is 10.3. The van der Waals surface area contributed by atoms with Crippen LogP contribution in [0.2, 0.25) is 0 Å². The summed E-state index contributed by atoms with van der Waals surface area (Å²) >= 11 is 0. The van der Waals surface area contributed by atoms with E-state index >= 15 is 0 Å². The van der Waals surface area contributed by atoms with Crippen molar-refractivity contribution in [2.75, 3.05) is 30.2 Å². The van der Waals surface area contributed by atoms with Crippen molar-refractivity contribution in [1.29, 1.82) is 0 Å². The van der Waals surface area contributed by atoms with Gasteiger partial charge in [0.2, 0.25) is 17.8 Å². The van der Waals surface area contributed by atoms with E-state index in [2.05, 4.69) is 25.9 Å². The van der Waals surface area contributed by atoms with Gasteiger partial charge in [0.15, 0.2) is 0 Å². The maximum atomic E-state index is 13.1. The Kier molecular flexibility index (Phi) is 6.31. The monoisotopic (exact) mass is 480 g/mol. The highest BCUT2D eigenvalue weighted by molar-refractivity contribution is 6.05. The number of H-pyrrole nitrogens is 1. The van der Waals surface area contributed by atoms with Gasteiger partial charge >= 0.3 is 0 Å². The Hall–Kier alpha value is -4.94. The fourth-order valence-corrected chi connectivity index (χ4v) is 3.65. The minimum atomic E-state index is -1.16. The van der Waals surface area contributed by atoms with E-state index in [0.29, 0.717) is 11.4 Å². The number of nitrogens with one attached hydrogen (secondary N) is 4. The molecule has 0 saturated heterocycles. The molecule has 1 aliphatic rings. The molecule has 0 saturated carbocycles. The van der Waals surface area contributed by atoms with Crippen LogP contribution in [0.4, 0.5) is 28.8 Å². The number of non-ortho nitro benzene ring substituents is 1. The van der Waals surface area contributed by atoms with Gasteiger partial charge in [0.25, 0.3) is 11.2 Å². The smallest absolute Gasteiger partial charge is 0.273 e. The lowest BCUT2D eigenvalue weighted by molar-refractivity contribution is -0.384. The van der Waals surface area contributed by atoms with Crippen LogP contribution in [0.15, 0.2) is 47.3 Å². The standard InChI is InChI=1S/C22H20N6O7/c1-34-15-6-4-3-5-13(15)24-22-26-19-18(21(31)27-22)12(10-17(29)25-19)20(30)23-14-8-7-11(28(32)33)9-16(14)35-2/h3-9,12H,10H2,1-2H3,(H,23,30)(H3,24,25,26,27,29,31). The summed E-state index contributed by atoms with van der Waals surface area (Å²) in [4.78, 5) is 55.6.